The average molecular weight is 244 g/mol. The molecule has 0 spiro atoms. The predicted molar refractivity (Wildman–Crippen MR) is 74.3 cm³/mol. The molecule has 0 N–H and O–H groups in total. The highest BCUT2D eigenvalue weighted by atomic mass is 16.5. The molecule has 0 aromatic heterocycles. The summed E-state index contributed by atoms with van der Waals surface area (Å²) in [4.78, 5) is 0. The zero-order chi connectivity index (χ0) is 13.5. The molecule has 2 heteroatoms. The molecule has 0 fully saturated rings. The van der Waals surface area contributed by atoms with Gasteiger partial charge >= 0.3 is 0 Å². The van der Waals surface area contributed by atoms with Gasteiger partial charge in [-0.25, -0.2) is 0 Å². The van der Waals surface area contributed by atoms with Crippen molar-refractivity contribution < 1.29 is 9.47 Å². The van der Waals surface area contributed by atoms with E-state index in [0.29, 0.717) is 17.4 Å². The lowest BCUT2D eigenvalue weighted by atomic mass is 9.69. The van der Waals surface area contributed by atoms with Crippen LogP contribution in [-0.4, -0.2) is 26.9 Å². The summed E-state index contributed by atoms with van der Waals surface area (Å²) in [6.45, 7) is 12.4. The number of ether oxygens (including phenoxy) is 2. The van der Waals surface area contributed by atoms with Crippen molar-refractivity contribution in [3.05, 3.63) is 0 Å². The average Bonchev–Trinajstić information content (AvgIpc) is 2.22. The second-order valence-corrected chi connectivity index (χ2v) is 6.25. The lowest BCUT2D eigenvalue weighted by molar-refractivity contribution is 0.0108. The molecule has 0 amide bonds. The summed E-state index contributed by atoms with van der Waals surface area (Å²) < 4.78 is 10.8. The van der Waals surface area contributed by atoms with Gasteiger partial charge in [0.25, 0.3) is 0 Å². The molecule has 0 aliphatic rings. The Morgan fingerprint density at radius 2 is 1.59 bits per heavy atom. The molecule has 0 bridgehead atoms. The Labute approximate surface area is 108 Å². The van der Waals surface area contributed by atoms with Crippen molar-refractivity contribution in [2.24, 2.45) is 17.3 Å². The van der Waals surface area contributed by atoms with Crippen LogP contribution in [0, 0.1) is 17.3 Å². The molecule has 0 aromatic rings. The van der Waals surface area contributed by atoms with E-state index in [1.807, 2.05) is 7.11 Å². The fourth-order valence-electron chi connectivity index (χ4n) is 2.56. The molecule has 2 nitrogen and oxygen atoms in total. The molecule has 0 aliphatic carbocycles. The summed E-state index contributed by atoms with van der Waals surface area (Å²) in [7, 11) is 3.57. The van der Waals surface area contributed by atoms with Gasteiger partial charge in [0.05, 0.1) is 6.10 Å². The van der Waals surface area contributed by atoms with Gasteiger partial charge in [0, 0.05) is 20.8 Å². The van der Waals surface area contributed by atoms with Crippen molar-refractivity contribution in [3.8, 4) is 0 Å². The topological polar surface area (TPSA) is 18.5 Å². The summed E-state index contributed by atoms with van der Waals surface area (Å²) in [5.41, 5.74) is 0.364. The van der Waals surface area contributed by atoms with E-state index < -0.39 is 0 Å². The third kappa shape index (κ3) is 6.42. The third-order valence-electron chi connectivity index (χ3n) is 3.94. The van der Waals surface area contributed by atoms with E-state index in [-0.39, 0.29) is 0 Å². The second kappa shape index (κ2) is 8.10. The summed E-state index contributed by atoms with van der Waals surface area (Å²) in [5.74, 6) is 1.42. The smallest absolute Gasteiger partial charge is 0.0598 e. The highest BCUT2D eigenvalue weighted by Crippen LogP contribution is 2.39. The minimum atomic E-state index is 0.320. The van der Waals surface area contributed by atoms with E-state index in [1.165, 1.54) is 6.42 Å². The Hall–Kier alpha value is -0.0800. The highest BCUT2D eigenvalue weighted by Gasteiger charge is 2.32. The monoisotopic (exact) mass is 244 g/mol. The van der Waals surface area contributed by atoms with Gasteiger partial charge in [-0.05, 0) is 36.5 Å². The maximum Gasteiger partial charge on any atom is 0.0598 e. The van der Waals surface area contributed by atoms with Crippen LogP contribution in [0.3, 0.4) is 0 Å². The number of hydrogen-bond donors (Lipinski definition) is 0. The van der Waals surface area contributed by atoms with Gasteiger partial charge < -0.3 is 9.47 Å². The standard InChI is InChI=1S/C15H32O2/c1-12(2)10-15(5,13(3)4)11-14(17-7)8-9-16-6/h12-14H,8-11H2,1-7H3. The minimum absolute atomic E-state index is 0.320. The molecule has 0 rings (SSSR count). The van der Waals surface area contributed by atoms with Crippen molar-refractivity contribution in [2.75, 3.05) is 20.8 Å². The zero-order valence-corrected chi connectivity index (χ0v) is 12.9. The lowest BCUT2D eigenvalue weighted by Gasteiger charge is -2.38. The van der Waals surface area contributed by atoms with Crippen molar-refractivity contribution in [1.82, 2.24) is 0 Å². The first-order chi connectivity index (χ1) is 7.85. The molecule has 0 saturated heterocycles. The molecule has 2 atom stereocenters. The number of rotatable bonds is 9. The minimum Gasteiger partial charge on any atom is -0.385 e. The van der Waals surface area contributed by atoms with E-state index in [0.717, 1.165) is 25.4 Å². The van der Waals surface area contributed by atoms with Crippen LogP contribution in [0.25, 0.3) is 0 Å². The molecule has 0 heterocycles. The predicted octanol–water partition coefficient (Wildman–Crippen LogP) is 4.14. The van der Waals surface area contributed by atoms with Crippen LogP contribution in [0.4, 0.5) is 0 Å². The van der Waals surface area contributed by atoms with Crippen molar-refractivity contribution in [3.63, 3.8) is 0 Å². The van der Waals surface area contributed by atoms with Crippen LogP contribution in [0.15, 0.2) is 0 Å². The van der Waals surface area contributed by atoms with Crippen LogP contribution >= 0.6 is 0 Å². The van der Waals surface area contributed by atoms with Gasteiger partial charge in [0.1, 0.15) is 0 Å². The molecular weight excluding hydrogens is 212 g/mol. The van der Waals surface area contributed by atoms with Crippen molar-refractivity contribution in [1.29, 1.82) is 0 Å². The van der Waals surface area contributed by atoms with Crippen LogP contribution in [0.1, 0.15) is 53.9 Å². The molecule has 0 saturated carbocycles. The maximum atomic E-state index is 5.60. The normalized spacial score (nSPS) is 17.5. The molecule has 0 radical (unpaired) electrons. The summed E-state index contributed by atoms with van der Waals surface area (Å²) >= 11 is 0. The molecule has 17 heavy (non-hydrogen) atoms. The largest absolute Gasteiger partial charge is 0.385 e. The van der Waals surface area contributed by atoms with Gasteiger partial charge in [-0.2, -0.15) is 0 Å². The number of hydrogen-bond acceptors (Lipinski definition) is 2. The van der Waals surface area contributed by atoms with E-state index in [9.17, 15) is 0 Å². The Bertz CT molecular complexity index is 189. The first-order valence-corrected chi connectivity index (χ1v) is 6.87. The number of methoxy groups -OCH3 is 2. The summed E-state index contributed by atoms with van der Waals surface area (Å²) in [6.07, 6.45) is 3.70. The van der Waals surface area contributed by atoms with Crippen molar-refractivity contribution >= 4 is 0 Å². The molecule has 104 valence electrons. The Morgan fingerprint density at radius 3 is 1.94 bits per heavy atom. The quantitative estimate of drug-likeness (QED) is 0.607. The maximum absolute atomic E-state index is 5.60. The highest BCUT2D eigenvalue weighted by molar-refractivity contribution is 4.82. The first kappa shape index (κ1) is 16.9. The SMILES string of the molecule is COCCC(CC(C)(CC(C)C)C(C)C)OC. The van der Waals surface area contributed by atoms with Gasteiger partial charge in [0.15, 0.2) is 0 Å². The van der Waals surface area contributed by atoms with Crippen LogP contribution in [0.2, 0.25) is 0 Å². The van der Waals surface area contributed by atoms with Gasteiger partial charge in [-0.3, -0.25) is 0 Å². The van der Waals surface area contributed by atoms with Gasteiger partial charge in [-0.1, -0.05) is 34.6 Å². The van der Waals surface area contributed by atoms with E-state index in [2.05, 4.69) is 34.6 Å². The molecular formula is C15H32O2. The Balaban J connectivity index is 4.49. The van der Waals surface area contributed by atoms with Gasteiger partial charge in [-0.15, -0.1) is 0 Å². The first-order valence-electron chi connectivity index (χ1n) is 6.87. The van der Waals surface area contributed by atoms with E-state index >= 15 is 0 Å². The van der Waals surface area contributed by atoms with Crippen LogP contribution in [-0.2, 0) is 9.47 Å². The second-order valence-electron chi connectivity index (χ2n) is 6.25. The van der Waals surface area contributed by atoms with Crippen LogP contribution in [0.5, 0.6) is 0 Å². The lowest BCUT2D eigenvalue weighted by Crippen LogP contribution is -2.31. The van der Waals surface area contributed by atoms with E-state index in [4.69, 9.17) is 9.47 Å². The Morgan fingerprint density at radius 1 is 1.00 bits per heavy atom. The molecule has 0 aromatic carbocycles. The fraction of sp³-hybridized carbons (Fsp3) is 1.00. The molecule has 0 aliphatic heterocycles. The molecule has 2 unspecified atom stereocenters. The van der Waals surface area contributed by atoms with E-state index in [1.54, 1.807) is 7.11 Å². The third-order valence-corrected chi connectivity index (χ3v) is 3.94. The fourth-order valence-corrected chi connectivity index (χ4v) is 2.56. The Kier molecular flexibility index (Phi) is 8.06. The summed E-state index contributed by atoms with van der Waals surface area (Å²) in [5, 5.41) is 0. The zero-order valence-electron chi connectivity index (χ0n) is 12.9. The van der Waals surface area contributed by atoms with Gasteiger partial charge in [0.2, 0.25) is 0 Å². The summed E-state index contributed by atoms with van der Waals surface area (Å²) in [6, 6.07) is 0. The van der Waals surface area contributed by atoms with Crippen LogP contribution < -0.4 is 0 Å². The van der Waals surface area contributed by atoms with Crippen molar-refractivity contribution in [2.45, 2.75) is 60.0 Å².